The number of benzene rings is 2. The molecule has 3 N–H and O–H groups in total. The molecule has 174 valence electrons. The lowest BCUT2D eigenvalue weighted by Crippen LogP contribution is -2.41. The lowest BCUT2D eigenvalue weighted by Gasteiger charge is -2.22. The molecule has 3 aromatic rings. The minimum atomic E-state index is -1.01. The summed E-state index contributed by atoms with van der Waals surface area (Å²) in [5.74, 6) is -0.712. The van der Waals surface area contributed by atoms with Crippen molar-refractivity contribution in [2.24, 2.45) is 0 Å². The summed E-state index contributed by atoms with van der Waals surface area (Å²) in [5.41, 5.74) is 3.75. The number of carbonyl (C=O) groups is 2. The number of nitrogens with one attached hydrogen (secondary N) is 2. The van der Waals surface area contributed by atoms with Crippen molar-refractivity contribution in [3.05, 3.63) is 89.5 Å². The van der Waals surface area contributed by atoms with E-state index in [1.54, 1.807) is 24.2 Å². The maximum atomic E-state index is 12.7. The van der Waals surface area contributed by atoms with Crippen molar-refractivity contribution in [2.75, 3.05) is 18.6 Å². The number of H-pyrrole nitrogens is 1. The molecule has 0 saturated carbocycles. The number of nitrogens with zero attached hydrogens (tertiary/aromatic N) is 2. The third-order valence-electron chi connectivity index (χ3n) is 5.32. The molecule has 0 saturated heterocycles. The molecule has 0 aliphatic rings. The number of imidazole rings is 1. The molecule has 0 bridgehead atoms. The lowest BCUT2D eigenvalue weighted by atomic mass is 10.1. The fourth-order valence-corrected chi connectivity index (χ4v) is 4.03. The molecule has 1 heterocycles. The second-order valence-electron chi connectivity index (χ2n) is 7.87. The van der Waals surface area contributed by atoms with Crippen molar-refractivity contribution in [3.63, 3.8) is 0 Å². The van der Waals surface area contributed by atoms with Gasteiger partial charge in [0.2, 0.25) is 0 Å². The standard InChI is InChI=1S/C25H30N4O3S/c1-33-13-11-23(25(31)32)28-24(30)21-9-5-8-20(14-21)16-29(17-22-15-26-18-27-22)12-10-19-6-3-2-4-7-19/h2-9,14-15,18,23H,10-13,16-17H2,1H3,(H,26,27)(H,28,30)(H,31,32)/t23-/m0/s1. The van der Waals surface area contributed by atoms with E-state index in [4.69, 9.17) is 0 Å². The van der Waals surface area contributed by atoms with Gasteiger partial charge in [-0.05, 0) is 48.1 Å². The van der Waals surface area contributed by atoms with Crippen molar-refractivity contribution in [1.29, 1.82) is 0 Å². The van der Waals surface area contributed by atoms with Crippen LogP contribution in [0.4, 0.5) is 0 Å². The molecule has 3 rings (SSSR count). The molecule has 1 aromatic heterocycles. The SMILES string of the molecule is CSCC[C@H](NC(=O)c1cccc(CN(CCc2ccccc2)Cc2cnc[nH]2)c1)C(=O)O. The van der Waals surface area contributed by atoms with E-state index < -0.39 is 12.0 Å². The van der Waals surface area contributed by atoms with Crippen LogP contribution in [-0.2, 0) is 24.3 Å². The Morgan fingerprint density at radius 3 is 2.61 bits per heavy atom. The lowest BCUT2D eigenvalue weighted by molar-refractivity contribution is -0.139. The van der Waals surface area contributed by atoms with Crippen LogP contribution in [0.1, 0.15) is 33.6 Å². The third-order valence-corrected chi connectivity index (χ3v) is 5.96. The molecule has 33 heavy (non-hydrogen) atoms. The smallest absolute Gasteiger partial charge is 0.326 e. The largest absolute Gasteiger partial charge is 0.480 e. The maximum Gasteiger partial charge on any atom is 0.326 e. The molecule has 1 atom stereocenters. The number of rotatable bonds is 13. The van der Waals surface area contributed by atoms with E-state index in [0.29, 0.717) is 30.8 Å². The van der Waals surface area contributed by atoms with Gasteiger partial charge in [-0.2, -0.15) is 11.8 Å². The molecule has 0 radical (unpaired) electrons. The molecule has 0 fully saturated rings. The number of carboxylic acids is 1. The van der Waals surface area contributed by atoms with Crippen LogP contribution in [0.5, 0.6) is 0 Å². The molecule has 0 aliphatic carbocycles. The Morgan fingerprint density at radius 1 is 1.12 bits per heavy atom. The first-order valence-corrected chi connectivity index (χ1v) is 12.3. The highest BCUT2D eigenvalue weighted by Gasteiger charge is 2.20. The van der Waals surface area contributed by atoms with Crippen LogP contribution < -0.4 is 5.32 Å². The molecule has 0 unspecified atom stereocenters. The predicted molar refractivity (Wildman–Crippen MR) is 131 cm³/mol. The monoisotopic (exact) mass is 466 g/mol. The summed E-state index contributed by atoms with van der Waals surface area (Å²) in [7, 11) is 0. The van der Waals surface area contributed by atoms with Crippen molar-refractivity contribution in [1.82, 2.24) is 20.2 Å². The van der Waals surface area contributed by atoms with Gasteiger partial charge in [-0.15, -0.1) is 0 Å². The average molecular weight is 467 g/mol. The van der Waals surface area contributed by atoms with Gasteiger partial charge in [-0.3, -0.25) is 9.69 Å². The number of aliphatic carboxylic acids is 1. The Morgan fingerprint density at radius 2 is 1.91 bits per heavy atom. The summed E-state index contributed by atoms with van der Waals surface area (Å²) in [6.45, 7) is 2.20. The summed E-state index contributed by atoms with van der Waals surface area (Å²) < 4.78 is 0. The molecule has 8 heteroatoms. The van der Waals surface area contributed by atoms with Gasteiger partial charge in [0.1, 0.15) is 6.04 Å². The minimum Gasteiger partial charge on any atom is -0.480 e. The summed E-state index contributed by atoms with van der Waals surface area (Å²) in [4.78, 5) is 33.8. The Labute approximate surface area is 198 Å². The van der Waals surface area contributed by atoms with Crippen molar-refractivity contribution in [2.45, 2.75) is 32.0 Å². The molecule has 1 amide bonds. The van der Waals surface area contributed by atoms with E-state index in [1.807, 2.05) is 48.9 Å². The maximum absolute atomic E-state index is 12.7. The van der Waals surface area contributed by atoms with Crippen molar-refractivity contribution < 1.29 is 14.7 Å². The topological polar surface area (TPSA) is 98.3 Å². The second-order valence-corrected chi connectivity index (χ2v) is 8.85. The van der Waals surface area contributed by atoms with Gasteiger partial charge in [0.15, 0.2) is 0 Å². The van der Waals surface area contributed by atoms with Crippen LogP contribution in [0.25, 0.3) is 0 Å². The number of hydrogen-bond acceptors (Lipinski definition) is 5. The van der Waals surface area contributed by atoms with Crippen molar-refractivity contribution in [3.8, 4) is 0 Å². The number of carbonyl (C=O) groups excluding carboxylic acids is 1. The van der Waals surface area contributed by atoms with E-state index >= 15 is 0 Å². The van der Waals surface area contributed by atoms with E-state index in [0.717, 1.165) is 24.2 Å². The van der Waals surface area contributed by atoms with Crippen LogP contribution in [-0.4, -0.2) is 56.4 Å². The van der Waals surface area contributed by atoms with Crippen molar-refractivity contribution >= 4 is 23.6 Å². The van der Waals surface area contributed by atoms with Gasteiger partial charge in [0, 0.05) is 37.1 Å². The number of carboxylic acid groups (broad SMARTS) is 1. The van der Waals surface area contributed by atoms with Crippen LogP contribution >= 0.6 is 11.8 Å². The first-order chi connectivity index (χ1) is 16.0. The Hall–Kier alpha value is -3.10. The Kier molecular flexibility index (Phi) is 9.53. The molecule has 0 spiro atoms. The zero-order valence-corrected chi connectivity index (χ0v) is 19.6. The number of thioether (sulfide) groups is 1. The predicted octanol–water partition coefficient (Wildman–Crippen LogP) is 3.59. The van der Waals surface area contributed by atoms with Gasteiger partial charge in [-0.25, -0.2) is 9.78 Å². The van der Waals surface area contributed by atoms with E-state index in [9.17, 15) is 14.7 Å². The van der Waals surface area contributed by atoms with Crippen LogP contribution in [0.2, 0.25) is 0 Å². The van der Waals surface area contributed by atoms with E-state index in [2.05, 4.69) is 32.3 Å². The summed E-state index contributed by atoms with van der Waals surface area (Å²) in [5, 5.41) is 12.1. The third kappa shape index (κ3) is 8.07. The van der Waals surface area contributed by atoms with Crippen LogP contribution in [0.3, 0.4) is 0 Å². The molecule has 0 aliphatic heterocycles. The Balaban J connectivity index is 1.68. The van der Waals surface area contributed by atoms with Gasteiger partial charge in [-0.1, -0.05) is 42.5 Å². The molecular formula is C25H30N4O3S. The first-order valence-electron chi connectivity index (χ1n) is 10.9. The number of aromatic amines is 1. The van der Waals surface area contributed by atoms with Gasteiger partial charge in [0.05, 0.1) is 6.33 Å². The molecule has 7 nitrogen and oxygen atoms in total. The summed E-state index contributed by atoms with van der Waals surface area (Å²) in [6, 6.07) is 16.8. The van der Waals surface area contributed by atoms with E-state index in [1.165, 1.54) is 5.56 Å². The number of aromatic nitrogens is 2. The fourth-order valence-electron chi connectivity index (χ4n) is 3.56. The van der Waals surface area contributed by atoms with Crippen LogP contribution in [0.15, 0.2) is 67.1 Å². The van der Waals surface area contributed by atoms with Gasteiger partial charge >= 0.3 is 5.97 Å². The molecular weight excluding hydrogens is 436 g/mol. The first kappa shape index (κ1) is 24.5. The highest BCUT2D eigenvalue weighted by atomic mass is 32.2. The normalized spacial score (nSPS) is 11.9. The quantitative estimate of drug-likeness (QED) is 0.356. The average Bonchev–Trinajstić information content (AvgIpc) is 3.34. The van der Waals surface area contributed by atoms with E-state index in [-0.39, 0.29) is 5.91 Å². The summed E-state index contributed by atoms with van der Waals surface area (Å²) >= 11 is 1.56. The van der Waals surface area contributed by atoms with Gasteiger partial charge in [0.25, 0.3) is 5.91 Å². The fraction of sp³-hybridized carbons (Fsp3) is 0.320. The highest BCUT2D eigenvalue weighted by Crippen LogP contribution is 2.13. The number of hydrogen-bond donors (Lipinski definition) is 3. The zero-order valence-electron chi connectivity index (χ0n) is 18.7. The molecule has 2 aromatic carbocycles. The van der Waals surface area contributed by atoms with Gasteiger partial charge < -0.3 is 15.4 Å². The Bertz CT molecular complexity index is 1010. The minimum absolute atomic E-state index is 0.366. The zero-order chi connectivity index (χ0) is 23.5. The summed E-state index contributed by atoms with van der Waals surface area (Å²) in [6.07, 6.45) is 6.70. The highest BCUT2D eigenvalue weighted by molar-refractivity contribution is 7.98. The second kappa shape index (κ2) is 12.8. The van der Waals surface area contributed by atoms with Crippen LogP contribution in [0, 0.1) is 0 Å². The number of amides is 1.